The number of methoxy groups -OCH3 is 3. The highest BCUT2D eigenvalue weighted by molar-refractivity contribution is 6.01. The number of nitrogens with one attached hydrogen (secondary N) is 1. The van der Waals surface area contributed by atoms with Gasteiger partial charge < -0.3 is 29.2 Å². The van der Waals surface area contributed by atoms with Gasteiger partial charge >= 0.3 is 5.97 Å². The van der Waals surface area contributed by atoms with Crippen LogP contribution in [0.2, 0.25) is 0 Å². The molecule has 1 heterocycles. The first-order chi connectivity index (χ1) is 12.9. The fourth-order valence-electron chi connectivity index (χ4n) is 3.19. The van der Waals surface area contributed by atoms with Crippen molar-refractivity contribution in [2.75, 3.05) is 26.6 Å². The molecule has 27 heavy (non-hydrogen) atoms. The zero-order valence-electron chi connectivity index (χ0n) is 15.9. The first-order valence-corrected chi connectivity index (χ1v) is 8.30. The summed E-state index contributed by atoms with van der Waals surface area (Å²) in [5.41, 5.74) is 3.60. The Hall–Kier alpha value is -3.35. The van der Waals surface area contributed by atoms with Gasteiger partial charge in [0.05, 0.1) is 26.8 Å². The molecule has 0 spiro atoms. The van der Waals surface area contributed by atoms with Gasteiger partial charge in [0, 0.05) is 35.9 Å². The van der Waals surface area contributed by atoms with Crippen LogP contribution in [0.25, 0.3) is 10.9 Å². The largest absolute Gasteiger partial charge is 0.493 e. The molecule has 0 fully saturated rings. The Balaban J connectivity index is 2.14. The molecule has 3 aromatic rings. The maximum atomic E-state index is 11.5. The summed E-state index contributed by atoms with van der Waals surface area (Å²) in [4.78, 5) is 11.5. The number of aromatic nitrogens is 1. The SMILES string of the molecule is COc1cc(Nc2cc(C)cc3c2cc(C(=O)O)n3C)cc(OC)c1OC. The minimum Gasteiger partial charge on any atom is -0.493 e. The molecule has 3 rings (SSSR count). The van der Waals surface area contributed by atoms with E-state index in [2.05, 4.69) is 5.32 Å². The van der Waals surface area contributed by atoms with E-state index in [9.17, 15) is 9.90 Å². The zero-order chi connectivity index (χ0) is 19.7. The van der Waals surface area contributed by atoms with Crippen molar-refractivity contribution in [3.05, 3.63) is 41.6 Å². The second kappa shape index (κ2) is 7.11. The minimum absolute atomic E-state index is 0.226. The number of carbonyl (C=O) groups is 1. The minimum atomic E-state index is -0.968. The number of aryl methyl sites for hydroxylation is 2. The van der Waals surface area contributed by atoms with Crippen molar-refractivity contribution in [3.8, 4) is 17.2 Å². The average molecular weight is 370 g/mol. The molecule has 0 bridgehead atoms. The lowest BCUT2D eigenvalue weighted by Crippen LogP contribution is -2.03. The van der Waals surface area contributed by atoms with E-state index in [0.29, 0.717) is 17.2 Å². The van der Waals surface area contributed by atoms with Gasteiger partial charge in [0.25, 0.3) is 0 Å². The number of hydrogen-bond donors (Lipinski definition) is 2. The third-order valence-electron chi connectivity index (χ3n) is 4.47. The summed E-state index contributed by atoms with van der Waals surface area (Å²) in [6, 6.07) is 9.20. The lowest BCUT2D eigenvalue weighted by molar-refractivity contribution is 0.0687. The quantitative estimate of drug-likeness (QED) is 0.684. The first-order valence-electron chi connectivity index (χ1n) is 8.30. The van der Waals surface area contributed by atoms with Gasteiger partial charge in [-0.1, -0.05) is 0 Å². The number of carboxylic acids is 1. The molecule has 0 saturated heterocycles. The molecule has 0 aliphatic heterocycles. The van der Waals surface area contributed by atoms with Gasteiger partial charge in [-0.3, -0.25) is 0 Å². The summed E-state index contributed by atoms with van der Waals surface area (Å²) in [7, 11) is 6.41. The van der Waals surface area contributed by atoms with Gasteiger partial charge in [-0.15, -0.1) is 0 Å². The van der Waals surface area contributed by atoms with Crippen LogP contribution < -0.4 is 19.5 Å². The van der Waals surface area contributed by atoms with Gasteiger partial charge in [0.1, 0.15) is 5.69 Å². The highest BCUT2D eigenvalue weighted by Crippen LogP contribution is 2.41. The van der Waals surface area contributed by atoms with Crippen molar-refractivity contribution in [3.63, 3.8) is 0 Å². The molecule has 0 radical (unpaired) electrons. The molecule has 142 valence electrons. The van der Waals surface area contributed by atoms with E-state index < -0.39 is 5.97 Å². The molecule has 7 nitrogen and oxygen atoms in total. The fraction of sp³-hybridized carbons (Fsp3) is 0.250. The summed E-state index contributed by atoms with van der Waals surface area (Å²) in [5, 5.41) is 13.6. The van der Waals surface area contributed by atoms with Crippen LogP contribution in [0.15, 0.2) is 30.3 Å². The van der Waals surface area contributed by atoms with E-state index in [0.717, 1.165) is 27.8 Å². The van der Waals surface area contributed by atoms with E-state index in [-0.39, 0.29) is 5.69 Å². The van der Waals surface area contributed by atoms with Crippen molar-refractivity contribution in [2.24, 2.45) is 7.05 Å². The highest BCUT2D eigenvalue weighted by Gasteiger charge is 2.17. The molecule has 2 aromatic carbocycles. The van der Waals surface area contributed by atoms with Gasteiger partial charge in [-0.2, -0.15) is 0 Å². The molecule has 7 heteroatoms. The number of fused-ring (bicyclic) bond motifs is 1. The summed E-state index contributed by atoms with van der Waals surface area (Å²) in [6.07, 6.45) is 0. The summed E-state index contributed by atoms with van der Waals surface area (Å²) in [5.74, 6) is 0.600. The first kappa shape index (κ1) is 18.4. The van der Waals surface area contributed by atoms with Crippen LogP contribution in [0.3, 0.4) is 0 Å². The fourth-order valence-corrected chi connectivity index (χ4v) is 3.19. The molecule has 0 saturated carbocycles. The van der Waals surface area contributed by atoms with E-state index >= 15 is 0 Å². The Labute approximate surface area is 157 Å². The number of nitrogens with zero attached hydrogens (tertiary/aromatic N) is 1. The number of anilines is 2. The molecule has 2 N–H and O–H groups in total. The lowest BCUT2D eigenvalue weighted by atomic mass is 10.1. The summed E-state index contributed by atoms with van der Waals surface area (Å²) >= 11 is 0. The zero-order valence-corrected chi connectivity index (χ0v) is 15.9. The van der Waals surface area contributed by atoms with E-state index in [4.69, 9.17) is 14.2 Å². The van der Waals surface area contributed by atoms with Crippen molar-refractivity contribution in [1.29, 1.82) is 0 Å². The molecule has 0 amide bonds. The number of aromatic carboxylic acids is 1. The van der Waals surface area contributed by atoms with Gasteiger partial charge in [0.15, 0.2) is 11.5 Å². The second-order valence-electron chi connectivity index (χ2n) is 6.18. The molecular formula is C20H22N2O5. The Bertz CT molecular complexity index is 998. The number of rotatable bonds is 6. The van der Waals surface area contributed by atoms with Gasteiger partial charge in [0.2, 0.25) is 5.75 Å². The molecule has 1 aromatic heterocycles. The summed E-state index contributed by atoms with van der Waals surface area (Å²) in [6.45, 7) is 1.97. The summed E-state index contributed by atoms with van der Waals surface area (Å²) < 4.78 is 17.8. The van der Waals surface area contributed by atoms with Crippen LogP contribution in [-0.4, -0.2) is 37.0 Å². The van der Waals surface area contributed by atoms with E-state index in [1.807, 2.05) is 19.1 Å². The number of benzene rings is 2. The highest BCUT2D eigenvalue weighted by atomic mass is 16.5. The number of hydrogen-bond acceptors (Lipinski definition) is 5. The molecule has 0 aliphatic rings. The van der Waals surface area contributed by atoms with Crippen molar-refractivity contribution in [1.82, 2.24) is 4.57 Å². The Morgan fingerprint density at radius 2 is 1.63 bits per heavy atom. The van der Waals surface area contributed by atoms with Crippen molar-refractivity contribution in [2.45, 2.75) is 6.92 Å². The smallest absolute Gasteiger partial charge is 0.352 e. The predicted octanol–water partition coefficient (Wildman–Crippen LogP) is 3.95. The van der Waals surface area contributed by atoms with E-state index in [1.54, 1.807) is 51.1 Å². The molecule has 0 atom stereocenters. The number of ether oxygens (including phenoxy) is 3. The van der Waals surface area contributed by atoms with Crippen LogP contribution in [0.5, 0.6) is 17.2 Å². The normalized spacial score (nSPS) is 10.7. The monoisotopic (exact) mass is 370 g/mol. The second-order valence-corrected chi connectivity index (χ2v) is 6.18. The van der Waals surface area contributed by atoms with Crippen LogP contribution in [-0.2, 0) is 7.05 Å². The topological polar surface area (TPSA) is 82.0 Å². The Kier molecular flexibility index (Phi) is 4.85. The molecule has 0 unspecified atom stereocenters. The molecular weight excluding hydrogens is 348 g/mol. The average Bonchev–Trinajstić information content (AvgIpc) is 2.98. The van der Waals surface area contributed by atoms with Crippen LogP contribution in [0, 0.1) is 6.92 Å². The van der Waals surface area contributed by atoms with Gasteiger partial charge in [-0.25, -0.2) is 4.79 Å². The maximum Gasteiger partial charge on any atom is 0.352 e. The third-order valence-corrected chi connectivity index (χ3v) is 4.47. The Morgan fingerprint density at radius 3 is 2.15 bits per heavy atom. The van der Waals surface area contributed by atoms with Crippen LogP contribution in [0.1, 0.15) is 16.1 Å². The van der Waals surface area contributed by atoms with Crippen LogP contribution >= 0.6 is 0 Å². The van der Waals surface area contributed by atoms with Crippen molar-refractivity contribution >= 4 is 28.2 Å². The van der Waals surface area contributed by atoms with Crippen LogP contribution in [0.4, 0.5) is 11.4 Å². The lowest BCUT2D eigenvalue weighted by Gasteiger charge is -2.16. The predicted molar refractivity (Wildman–Crippen MR) is 104 cm³/mol. The Morgan fingerprint density at radius 1 is 1.00 bits per heavy atom. The molecule has 0 aliphatic carbocycles. The number of carboxylic acid groups (broad SMARTS) is 1. The maximum absolute atomic E-state index is 11.5. The third kappa shape index (κ3) is 3.23. The standard InChI is InChI=1S/C20H22N2O5/c1-11-6-14(13-10-16(20(23)24)22(2)15(13)7-11)21-12-8-17(25-3)19(27-5)18(9-12)26-4/h6-10,21H,1-5H3,(H,23,24). The van der Waals surface area contributed by atoms with Gasteiger partial charge in [-0.05, 0) is 30.7 Å². The van der Waals surface area contributed by atoms with Crippen molar-refractivity contribution < 1.29 is 24.1 Å². The van der Waals surface area contributed by atoms with E-state index in [1.165, 1.54) is 0 Å².